The Morgan fingerprint density at radius 2 is 1.71 bits per heavy atom. The molecule has 0 heterocycles. The van der Waals surface area contributed by atoms with Crippen molar-refractivity contribution in [3.05, 3.63) is 71.3 Å². The van der Waals surface area contributed by atoms with E-state index in [2.05, 4.69) is 34.4 Å². The van der Waals surface area contributed by atoms with Crippen molar-refractivity contribution in [2.24, 2.45) is 0 Å². The molecule has 110 valence electrons. The number of nitrogens with zero attached hydrogens (tertiary/aromatic N) is 1. The van der Waals surface area contributed by atoms with Gasteiger partial charge >= 0.3 is 0 Å². The van der Waals surface area contributed by atoms with Crippen LogP contribution in [0, 0.1) is 0 Å². The molecule has 0 radical (unpaired) electrons. The number of rotatable bonds is 6. The van der Waals surface area contributed by atoms with E-state index in [1.807, 2.05) is 36.4 Å². The predicted molar refractivity (Wildman–Crippen MR) is 82.5 cm³/mol. The van der Waals surface area contributed by atoms with Crippen LogP contribution >= 0.6 is 0 Å². The van der Waals surface area contributed by atoms with Crippen LogP contribution in [0.1, 0.15) is 21.5 Å². The third kappa shape index (κ3) is 4.70. The van der Waals surface area contributed by atoms with Crippen LogP contribution in [0.3, 0.4) is 0 Å². The molecule has 2 rings (SSSR count). The van der Waals surface area contributed by atoms with Gasteiger partial charge in [-0.25, -0.2) is 5.48 Å². The Morgan fingerprint density at radius 1 is 1.05 bits per heavy atom. The highest BCUT2D eigenvalue weighted by Gasteiger charge is 2.07. The van der Waals surface area contributed by atoms with Crippen molar-refractivity contribution in [1.29, 1.82) is 0 Å². The molecule has 2 aromatic carbocycles. The van der Waals surface area contributed by atoms with Crippen molar-refractivity contribution in [3.8, 4) is 0 Å². The van der Waals surface area contributed by atoms with Gasteiger partial charge in [0, 0.05) is 18.7 Å². The number of hydrogen-bond donors (Lipinski definition) is 1. The number of carbonyl (C=O) groups excluding carboxylic acids is 1. The van der Waals surface area contributed by atoms with Crippen molar-refractivity contribution in [2.45, 2.75) is 13.1 Å². The zero-order valence-corrected chi connectivity index (χ0v) is 12.4. The van der Waals surface area contributed by atoms with Crippen LogP contribution in [0.15, 0.2) is 54.6 Å². The second-order valence-electron chi connectivity index (χ2n) is 4.99. The summed E-state index contributed by atoms with van der Waals surface area (Å²) in [7, 11) is 3.49. The van der Waals surface area contributed by atoms with Crippen molar-refractivity contribution in [1.82, 2.24) is 10.4 Å². The molecule has 0 spiro atoms. The molecule has 0 atom stereocenters. The molecule has 0 fully saturated rings. The largest absolute Gasteiger partial charge is 0.298 e. The molecular weight excluding hydrogens is 264 g/mol. The van der Waals surface area contributed by atoms with E-state index in [9.17, 15) is 4.79 Å². The van der Waals surface area contributed by atoms with Crippen LogP contribution in [-0.4, -0.2) is 25.0 Å². The number of nitrogens with one attached hydrogen (secondary N) is 1. The van der Waals surface area contributed by atoms with E-state index in [4.69, 9.17) is 0 Å². The van der Waals surface area contributed by atoms with E-state index in [1.165, 1.54) is 12.7 Å². The van der Waals surface area contributed by atoms with Crippen LogP contribution in [0.5, 0.6) is 0 Å². The molecule has 0 unspecified atom stereocenters. The minimum Gasteiger partial charge on any atom is -0.298 e. The molecule has 0 aliphatic heterocycles. The van der Waals surface area contributed by atoms with Gasteiger partial charge < -0.3 is 0 Å². The molecular formula is C17H20N2O2. The maximum atomic E-state index is 11.7. The van der Waals surface area contributed by atoms with E-state index < -0.39 is 0 Å². The Bertz CT molecular complexity index is 584. The summed E-state index contributed by atoms with van der Waals surface area (Å²) in [6, 6.07) is 17.9. The van der Waals surface area contributed by atoms with E-state index in [-0.39, 0.29) is 5.91 Å². The number of amides is 1. The van der Waals surface area contributed by atoms with Gasteiger partial charge in [0.05, 0.1) is 7.11 Å². The molecule has 1 amide bonds. The summed E-state index contributed by atoms with van der Waals surface area (Å²) in [5.74, 6) is -0.231. The lowest BCUT2D eigenvalue weighted by molar-refractivity contribution is 0.0537. The molecule has 2 aromatic rings. The van der Waals surface area contributed by atoms with Gasteiger partial charge in [0.1, 0.15) is 0 Å². The first-order valence-corrected chi connectivity index (χ1v) is 6.84. The molecule has 0 saturated carbocycles. The molecule has 0 saturated heterocycles. The molecule has 4 nitrogen and oxygen atoms in total. The average molecular weight is 284 g/mol. The Kier molecular flexibility index (Phi) is 5.49. The maximum absolute atomic E-state index is 11.7. The van der Waals surface area contributed by atoms with Gasteiger partial charge in [-0.1, -0.05) is 42.5 Å². The van der Waals surface area contributed by atoms with Gasteiger partial charge in [0.15, 0.2) is 0 Å². The molecule has 1 N–H and O–H groups in total. The van der Waals surface area contributed by atoms with Crippen molar-refractivity contribution < 1.29 is 9.63 Å². The Balaban J connectivity index is 1.99. The minimum absolute atomic E-state index is 0.231. The van der Waals surface area contributed by atoms with Gasteiger partial charge in [-0.05, 0) is 30.3 Å². The number of carbonyl (C=O) groups is 1. The van der Waals surface area contributed by atoms with Gasteiger partial charge in [-0.15, -0.1) is 0 Å². The zero-order chi connectivity index (χ0) is 15.1. The SMILES string of the molecule is CONC(=O)c1cccc(CN(C)Cc2ccccc2)c1. The third-order valence-corrected chi connectivity index (χ3v) is 3.13. The first-order valence-electron chi connectivity index (χ1n) is 6.84. The first kappa shape index (κ1) is 15.2. The fourth-order valence-corrected chi connectivity index (χ4v) is 2.23. The van der Waals surface area contributed by atoms with Crippen molar-refractivity contribution in [2.75, 3.05) is 14.2 Å². The lowest BCUT2D eigenvalue weighted by atomic mass is 10.1. The summed E-state index contributed by atoms with van der Waals surface area (Å²) >= 11 is 0. The van der Waals surface area contributed by atoms with Crippen LogP contribution in [0.25, 0.3) is 0 Å². The topological polar surface area (TPSA) is 41.6 Å². The monoisotopic (exact) mass is 284 g/mol. The average Bonchev–Trinajstić information content (AvgIpc) is 2.48. The highest BCUT2D eigenvalue weighted by molar-refractivity contribution is 5.93. The number of hydroxylamine groups is 1. The Labute approximate surface area is 125 Å². The molecule has 0 aliphatic carbocycles. The fraction of sp³-hybridized carbons (Fsp3) is 0.235. The minimum atomic E-state index is -0.231. The molecule has 0 aliphatic rings. The molecule has 21 heavy (non-hydrogen) atoms. The lowest BCUT2D eigenvalue weighted by Crippen LogP contribution is -2.22. The van der Waals surface area contributed by atoms with E-state index >= 15 is 0 Å². The van der Waals surface area contributed by atoms with E-state index in [0.29, 0.717) is 5.56 Å². The molecule has 0 bridgehead atoms. The maximum Gasteiger partial charge on any atom is 0.274 e. The second kappa shape index (κ2) is 7.57. The summed E-state index contributed by atoms with van der Waals surface area (Å²) in [6.45, 7) is 1.65. The Morgan fingerprint density at radius 3 is 2.43 bits per heavy atom. The number of benzene rings is 2. The highest BCUT2D eigenvalue weighted by atomic mass is 16.6. The quantitative estimate of drug-likeness (QED) is 0.829. The van der Waals surface area contributed by atoms with Crippen LogP contribution in [0.2, 0.25) is 0 Å². The third-order valence-electron chi connectivity index (χ3n) is 3.13. The predicted octanol–water partition coefficient (Wildman–Crippen LogP) is 2.61. The highest BCUT2D eigenvalue weighted by Crippen LogP contribution is 2.10. The van der Waals surface area contributed by atoms with Crippen LogP contribution < -0.4 is 5.48 Å². The summed E-state index contributed by atoms with van der Waals surface area (Å²) < 4.78 is 0. The number of hydrogen-bond acceptors (Lipinski definition) is 3. The zero-order valence-electron chi connectivity index (χ0n) is 12.4. The van der Waals surface area contributed by atoms with Crippen molar-refractivity contribution in [3.63, 3.8) is 0 Å². The normalized spacial score (nSPS) is 10.6. The van der Waals surface area contributed by atoms with Gasteiger partial charge in [0.2, 0.25) is 0 Å². The van der Waals surface area contributed by atoms with Gasteiger partial charge in [-0.2, -0.15) is 0 Å². The smallest absolute Gasteiger partial charge is 0.274 e. The first-order chi connectivity index (χ1) is 10.2. The summed E-state index contributed by atoms with van der Waals surface area (Å²) in [5, 5.41) is 0. The summed E-state index contributed by atoms with van der Waals surface area (Å²) in [6.07, 6.45) is 0. The second-order valence-corrected chi connectivity index (χ2v) is 4.99. The summed E-state index contributed by atoms with van der Waals surface area (Å²) in [5.41, 5.74) is 5.30. The van der Waals surface area contributed by atoms with Crippen LogP contribution in [0.4, 0.5) is 0 Å². The summed E-state index contributed by atoms with van der Waals surface area (Å²) in [4.78, 5) is 18.6. The lowest BCUT2D eigenvalue weighted by Gasteiger charge is -2.17. The Hall–Kier alpha value is -2.17. The van der Waals surface area contributed by atoms with Gasteiger partial charge in [0.25, 0.3) is 5.91 Å². The molecule has 4 heteroatoms. The molecule has 0 aromatic heterocycles. The van der Waals surface area contributed by atoms with Crippen LogP contribution in [-0.2, 0) is 17.9 Å². The fourth-order valence-electron chi connectivity index (χ4n) is 2.23. The van der Waals surface area contributed by atoms with E-state index in [1.54, 1.807) is 6.07 Å². The van der Waals surface area contributed by atoms with E-state index in [0.717, 1.165) is 18.7 Å². The standard InChI is InChI=1S/C17H20N2O2/c1-19(12-14-7-4-3-5-8-14)13-15-9-6-10-16(11-15)17(20)18-21-2/h3-11H,12-13H2,1-2H3,(H,18,20). The van der Waals surface area contributed by atoms with Gasteiger partial charge in [-0.3, -0.25) is 14.5 Å². The van der Waals surface area contributed by atoms with Crippen molar-refractivity contribution >= 4 is 5.91 Å².